The van der Waals surface area contributed by atoms with E-state index >= 15 is 0 Å². The Morgan fingerprint density at radius 3 is 2.24 bits per heavy atom. The average Bonchev–Trinajstić information content (AvgIpc) is 2.72. The molecule has 0 saturated heterocycles. The molecular formula is C22H32IN3O3. The molecule has 29 heavy (non-hydrogen) atoms. The van der Waals surface area contributed by atoms with Crippen LogP contribution in [0.3, 0.4) is 0 Å². The Morgan fingerprint density at radius 2 is 1.62 bits per heavy atom. The van der Waals surface area contributed by atoms with Crippen LogP contribution >= 0.6 is 24.0 Å². The van der Waals surface area contributed by atoms with Gasteiger partial charge in [-0.2, -0.15) is 0 Å². The molecule has 2 rings (SSSR count). The lowest BCUT2D eigenvalue weighted by molar-refractivity contribution is 0.338. The third-order valence-electron chi connectivity index (χ3n) is 4.38. The number of ether oxygens (including phenoxy) is 3. The smallest absolute Gasteiger partial charge is 0.191 e. The first-order chi connectivity index (χ1) is 13.6. The zero-order chi connectivity index (χ0) is 20.4. The fourth-order valence-corrected chi connectivity index (χ4v) is 2.91. The molecule has 0 unspecified atom stereocenters. The molecular weight excluding hydrogens is 481 g/mol. The van der Waals surface area contributed by atoms with Crippen molar-refractivity contribution >= 4 is 29.9 Å². The molecule has 0 aliphatic carbocycles. The first kappa shape index (κ1) is 24.9. The summed E-state index contributed by atoms with van der Waals surface area (Å²) in [6.07, 6.45) is 0.850. The summed E-state index contributed by atoms with van der Waals surface area (Å²) in [4.78, 5) is 4.29. The Labute approximate surface area is 191 Å². The van der Waals surface area contributed by atoms with E-state index in [0.717, 1.165) is 41.7 Å². The number of guanidine groups is 1. The second kappa shape index (κ2) is 13.1. The number of halogens is 1. The fourth-order valence-electron chi connectivity index (χ4n) is 2.91. The van der Waals surface area contributed by atoms with Crippen molar-refractivity contribution in [3.05, 3.63) is 53.1 Å². The summed E-state index contributed by atoms with van der Waals surface area (Å²) in [5.74, 6) is 3.19. The predicted octanol–water partition coefficient (Wildman–Crippen LogP) is 3.94. The van der Waals surface area contributed by atoms with Gasteiger partial charge in [0.2, 0.25) is 0 Å². The van der Waals surface area contributed by atoms with Crippen LogP contribution in [0.2, 0.25) is 0 Å². The number of hydrogen-bond donors (Lipinski definition) is 2. The Kier molecular flexibility index (Phi) is 11.3. The highest BCUT2D eigenvalue weighted by Gasteiger charge is 2.06. The molecule has 0 aromatic heterocycles. The molecule has 0 fully saturated rings. The molecule has 2 aromatic rings. The molecule has 2 aromatic carbocycles. The number of nitrogens with one attached hydrogen (secondary N) is 2. The lowest BCUT2D eigenvalue weighted by Crippen LogP contribution is -2.37. The summed E-state index contributed by atoms with van der Waals surface area (Å²) in [6.45, 7) is 6.19. The van der Waals surface area contributed by atoms with Crippen molar-refractivity contribution in [1.82, 2.24) is 10.6 Å². The standard InChI is InChI=1S/C22H31N3O3.HI/c1-6-28-19-9-8-18(13-16(19)2)15-25-22(23-3)24-12-11-17-7-10-20(26-4)21(14-17)27-5;/h7-10,13-14H,6,11-12,15H2,1-5H3,(H2,23,24,25);1H. The van der Waals surface area contributed by atoms with Crippen molar-refractivity contribution in [2.45, 2.75) is 26.8 Å². The van der Waals surface area contributed by atoms with Gasteiger partial charge in [0.25, 0.3) is 0 Å². The van der Waals surface area contributed by atoms with Gasteiger partial charge in [-0.3, -0.25) is 4.99 Å². The first-order valence-corrected chi connectivity index (χ1v) is 9.49. The third kappa shape index (κ3) is 7.64. The monoisotopic (exact) mass is 513 g/mol. The largest absolute Gasteiger partial charge is 0.494 e. The summed E-state index contributed by atoms with van der Waals surface area (Å²) in [5, 5.41) is 6.69. The maximum Gasteiger partial charge on any atom is 0.191 e. The van der Waals surface area contributed by atoms with Crippen LogP contribution in [-0.2, 0) is 13.0 Å². The first-order valence-electron chi connectivity index (χ1n) is 9.49. The number of aliphatic imine (C=N–C) groups is 1. The number of rotatable bonds is 9. The molecule has 2 N–H and O–H groups in total. The summed E-state index contributed by atoms with van der Waals surface area (Å²) in [7, 11) is 5.06. The zero-order valence-electron chi connectivity index (χ0n) is 17.9. The fraction of sp³-hybridized carbons (Fsp3) is 0.409. The number of methoxy groups -OCH3 is 2. The molecule has 0 atom stereocenters. The minimum atomic E-state index is 0. The SMILES string of the molecule is CCOc1ccc(CNC(=NC)NCCc2ccc(OC)c(OC)c2)cc1C.I. The second-order valence-electron chi connectivity index (χ2n) is 6.32. The highest BCUT2D eigenvalue weighted by Crippen LogP contribution is 2.27. The second-order valence-corrected chi connectivity index (χ2v) is 6.32. The van der Waals surface area contributed by atoms with E-state index < -0.39 is 0 Å². The van der Waals surface area contributed by atoms with Gasteiger partial charge in [0.15, 0.2) is 17.5 Å². The molecule has 0 radical (unpaired) electrons. The minimum absolute atomic E-state index is 0. The molecule has 0 aliphatic rings. The van der Waals surface area contributed by atoms with Crippen LogP contribution in [0, 0.1) is 6.92 Å². The quantitative estimate of drug-likeness (QED) is 0.302. The van der Waals surface area contributed by atoms with Gasteiger partial charge >= 0.3 is 0 Å². The maximum atomic E-state index is 5.59. The van der Waals surface area contributed by atoms with E-state index in [1.54, 1.807) is 21.3 Å². The maximum absolute atomic E-state index is 5.59. The third-order valence-corrected chi connectivity index (χ3v) is 4.38. The van der Waals surface area contributed by atoms with E-state index in [1.165, 1.54) is 11.1 Å². The number of aryl methyl sites for hydroxylation is 1. The van der Waals surface area contributed by atoms with Crippen molar-refractivity contribution in [2.24, 2.45) is 4.99 Å². The van der Waals surface area contributed by atoms with Crippen LogP contribution in [0.25, 0.3) is 0 Å². The molecule has 0 saturated carbocycles. The zero-order valence-corrected chi connectivity index (χ0v) is 20.2. The molecule has 0 spiro atoms. The van der Waals surface area contributed by atoms with Crippen molar-refractivity contribution in [3.8, 4) is 17.2 Å². The van der Waals surface area contributed by atoms with Gasteiger partial charge in [0.05, 0.1) is 20.8 Å². The van der Waals surface area contributed by atoms with E-state index in [4.69, 9.17) is 14.2 Å². The van der Waals surface area contributed by atoms with Crippen molar-refractivity contribution < 1.29 is 14.2 Å². The summed E-state index contributed by atoms with van der Waals surface area (Å²) < 4.78 is 16.2. The summed E-state index contributed by atoms with van der Waals surface area (Å²) in [6, 6.07) is 12.2. The molecule has 6 nitrogen and oxygen atoms in total. The van der Waals surface area contributed by atoms with Crippen LogP contribution < -0.4 is 24.8 Å². The van der Waals surface area contributed by atoms with Crippen LogP contribution in [0.5, 0.6) is 17.2 Å². The van der Waals surface area contributed by atoms with E-state index in [0.29, 0.717) is 13.2 Å². The van der Waals surface area contributed by atoms with Crippen LogP contribution in [-0.4, -0.2) is 40.4 Å². The van der Waals surface area contributed by atoms with E-state index in [-0.39, 0.29) is 24.0 Å². The van der Waals surface area contributed by atoms with Crippen LogP contribution in [0.1, 0.15) is 23.6 Å². The van der Waals surface area contributed by atoms with Gasteiger partial charge in [-0.15, -0.1) is 24.0 Å². The van der Waals surface area contributed by atoms with Crippen molar-refractivity contribution in [1.29, 1.82) is 0 Å². The van der Waals surface area contributed by atoms with Crippen LogP contribution in [0.15, 0.2) is 41.4 Å². The Hall–Kier alpha value is -2.16. The summed E-state index contributed by atoms with van der Waals surface area (Å²) in [5.41, 5.74) is 3.49. The van der Waals surface area contributed by atoms with E-state index in [9.17, 15) is 0 Å². The topological polar surface area (TPSA) is 64.1 Å². The highest BCUT2D eigenvalue weighted by atomic mass is 127. The van der Waals surface area contributed by atoms with Gasteiger partial charge in [-0.1, -0.05) is 18.2 Å². The van der Waals surface area contributed by atoms with Gasteiger partial charge in [0.1, 0.15) is 5.75 Å². The molecule has 7 heteroatoms. The Balaban J connectivity index is 0.00000420. The van der Waals surface area contributed by atoms with Gasteiger partial charge in [0, 0.05) is 20.1 Å². The Bertz CT molecular complexity index is 797. The summed E-state index contributed by atoms with van der Waals surface area (Å²) >= 11 is 0. The lowest BCUT2D eigenvalue weighted by Gasteiger charge is -2.14. The molecule has 0 aliphatic heterocycles. The molecule has 160 valence electrons. The average molecular weight is 513 g/mol. The van der Waals surface area contributed by atoms with E-state index in [1.807, 2.05) is 31.2 Å². The number of hydrogen-bond acceptors (Lipinski definition) is 4. The normalized spacial score (nSPS) is 10.7. The molecule has 0 heterocycles. The number of nitrogens with zero attached hydrogens (tertiary/aromatic N) is 1. The number of benzene rings is 2. The molecule has 0 amide bonds. The van der Waals surface area contributed by atoms with Crippen molar-refractivity contribution in [2.75, 3.05) is 34.4 Å². The van der Waals surface area contributed by atoms with Crippen molar-refractivity contribution in [3.63, 3.8) is 0 Å². The van der Waals surface area contributed by atoms with Crippen LogP contribution in [0.4, 0.5) is 0 Å². The Morgan fingerprint density at radius 1 is 0.931 bits per heavy atom. The highest BCUT2D eigenvalue weighted by molar-refractivity contribution is 14.0. The van der Waals surface area contributed by atoms with Gasteiger partial charge < -0.3 is 24.8 Å². The minimum Gasteiger partial charge on any atom is -0.494 e. The van der Waals surface area contributed by atoms with Gasteiger partial charge in [-0.25, -0.2) is 0 Å². The molecule has 0 bridgehead atoms. The van der Waals surface area contributed by atoms with Gasteiger partial charge in [-0.05, 0) is 55.2 Å². The predicted molar refractivity (Wildman–Crippen MR) is 129 cm³/mol. The lowest BCUT2D eigenvalue weighted by atomic mass is 10.1. The van der Waals surface area contributed by atoms with E-state index in [2.05, 4.69) is 34.7 Å².